The van der Waals surface area contributed by atoms with Crippen LogP contribution in [0.1, 0.15) is 0 Å². The number of carbonyl (C=O) groups excluding carboxylic acids is 1. The summed E-state index contributed by atoms with van der Waals surface area (Å²) in [5.41, 5.74) is 1.47. The molecule has 0 fully saturated rings. The Balaban J connectivity index is 1.97. The molecule has 0 aliphatic rings. The minimum absolute atomic E-state index is 0.158. The van der Waals surface area contributed by atoms with Crippen LogP contribution in [0.4, 0.5) is 11.4 Å². The Hall–Kier alpha value is -2.21. The van der Waals surface area contributed by atoms with Gasteiger partial charge in [-0.25, -0.2) is 0 Å². The van der Waals surface area contributed by atoms with Crippen molar-refractivity contribution in [3.8, 4) is 11.5 Å². The molecule has 0 atom stereocenters. The number of rotatable bonds is 6. The van der Waals surface area contributed by atoms with Gasteiger partial charge in [-0.2, -0.15) is 0 Å². The van der Waals surface area contributed by atoms with Gasteiger partial charge in [0.15, 0.2) is 0 Å². The molecule has 0 saturated carbocycles. The van der Waals surface area contributed by atoms with E-state index < -0.39 is 0 Å². The lowest BCUT2D eigenvalue weighted by Gasteiger charge is -2.12. The molecule has 6 heteroatoms. The Morgan fingerprint density at radius 2 is 1.95 bits per heavy atom. The van der Waals surface area contributed by atoms with Gasteiger partial charge in [-0.3, -0.25) is 4.79 Å². The van der Waals surface area contributed by atoms with E-state index >= 15 is 0 Å². The average molecular weight is 365 g/mol. The normalized spacial score (nSPS) is 9.95. The summed E-state index contributed by atoms with van der Waals surface area (Å²) < 4.78 is 11.3. The van der Waals surface area contributed by atoms with Gasteiger partial charge in [0.1, 0.15) is 11.5 Å². The smallest absolute Gasteiger partial charge is 0.243 e. The van der Waals surface area contributed by atoms with Gasteiger partial charge in [0.05, 0.1) is 26.5 Å². The molecule has 0 saturated heterocycles. The molecule has 116 valence electrons. The first kappa shape index (κ1) is 16.2. The van der Waals surface area contributed by atoms with Crippen LogP contribution in [0.15, 0.2) is 46.9 Å². The molecule has 2 aromatic carbocycles. The van der Waals surface area contributed by atoms with Crippen molar-refractivity contribution in [1.82, 2.24) is 0 Å². The quantitative estimate of drug-likeness (QED) is 0.823. The number of hydrogen-bond acceptors (Lipinski definition) is 4. The number of nitrogens with one attached hydrogen (secondary N) is 2. The topological polar surface area (TPSA) is 59.6 Å². The number of halogens is 1. The first-order valence-electron chi connectivity index (χ1n) is 6.63. The molecule has 22 heavy (non-hydrogen) atoms. The Kier molecular flexibility index (Phi) is 5.66. The second-order valence-corrected chi connectivity index (χ2v) is 5.39. The summed E-state index contributed by atoms with van der Waals surface area (Å²) in [5, 5.41) is 5.86. The van der Waals surface area contributed by atoms with Gasteiger partial charge in [-0.05, 0) is 30.3 Å². The molecule has 0 heterocycles. The van der Waals surface area contributed by atoms with Crippen molar-refractivity contribution < 1.29 is 14.3 Å². The van der Waals surface area contributed by atoms with E-state index in [1.54, 1.807) is 32.4 Å². The molecule has 0 radical (unpaired) electrons. The van der Waals surface area contributed by atoms with E-state index in [0.29, 0.717) is 17.2 Å². The van der Waals surface area contributed by atoms with Gasteiger partial charge < -0.3 is 20.1 Å². The predicted molar refractivity (Wildman–Crippen MR) is 90.8 cm³/mol. The summed E-state index contributed by atoms with van der Waals surface area (Å²) in [6.07, 6.45) is 0. The highest BCUT2D eigenvalue weighted by atomic mass is 79.9. The maximum atomic E-state index is 12.0. The van der Waals surface area contributed by atoms with Crippen LogP contribution < -0.4 is 20.1 Å². The number of hydrogen-bond donors (Lipinski definition) is 2. The molecule has 0 aliphatic heterocycles. The van der Waals surface area contributed by atoms with E-state index in [1.165, 1.54) is 0 Å². The molecule has 2 N–H and O–H groups in total. The Morgan fingerprint density at radius 1 is 1.14 bits per heavy atom. The lowest BCUT2D eigenvalue weighted by Crippen LogP contribution is -2.22. The second-order valence-electron chi connectivity index (χ2n) is 4.48. The van der Waals surface area contributed by atoms with Crippen LogP contribution in [0.25, 0.3) is 0 Å². The predicted octanol–water partition coefficient (Wildman–Crippen LogP) is 3.52. The number of amides is 1. The molecule has 0 bridgehead atoms. The molecule has 5 nitrogen and oxygen atoms in total. The largest absolute Gasteiger partial charge is 0.497 e. The summed E-state index contributed by atoms with van der Waals surface area (Å²) in [7, 11) is 3.12. The monoisotopic (exact) mass is 364 g/mol. The molecular weight excluding hydrogens is 348 g/mol. The zero-order valence-electron chi connectivity index (χ0n) is 12.4. The minimum atomic E-state index is -0.163. The highest BCUT2D eigenvalue weighted by molar-refractivity contribution is 9.10. The van der Waals surface area contributed by atoms with Crippen LogP contribution in [-0.4, -0.2) is 26.7 Å². The number of carbonyl (C=O) groups is 1. The van der Waals surface area contributed by atoms with Gasteiger partial charge in [0.2, 0.25) is 5.91 Å². The SMILES string of the molecule is COc1ccc(NC(=O)CNc2cccc(Br)c2)c(OC)c1. The second kappa shape index (κ2) is 7.70. The molecular formula is C16H17BrN2O3. The van der Waals surface area contributed by atoms with E-state index in [-0.39, 0.29) is 12.5 Å². The van der Waals surface area contributed by atoms with E-state index in [4.69, 9.17) is 9.47 Å². The zero-order chi connectivity index (χ0) is 15.9. The fourth-order valence-electron chi connectivity index (χ4n) is 1.88. The third kappa shape index (κ3) is 4.39. The lowest BCUT2D eigenvalue weighted by molar-refractivity contribution is -0.114. The van der Waals surface area contributed by atoms with E-state index in [1.807, 2.05) is 24.3 Å². The van der Waals surface area contributed by atoms with Crippen molar-refractivity contribution in [2.24, 2.45) is 0 Å². The van der Waals surface area contributed by atoms with Crippen LogP contribution in [-0.2, 0) is 4.79 Å². The van der Waals surface area contributed by atoms with Crippen molar-refractivity contribution in [2.45, 2.75) is 0 Å². The maximum Gasteiger partial charge on any atom is 0.243 e. The Bertz CT molecular complexity index is 662. The number of ether oxygens (including phenoxy) is 2. The summed E-state index contributed by atoms with van der Waals surface area (Å²) >= 11 is 3.39. The van der Waals surface area contributed by atoms with Gasteiger partial charge in [-0.1, -0.05) is 22.0 Å². The fourth-order valence-corrected chi connectivity index (χ4v) is 2.28. The van der Waals surface area contributed by atoms with E-state index in [2.05, 4.69) is 26.6 Å². The van der Waals surface area contributed by atoms with E-state index in [0.717, 1.165) is 10.2 Å². The van der Waals surface area contributed by atoms with Gasteiger partial charge in [0.25, 0.3) is 0 Å². The Labute approximate surface area is 137 Å². The summed E-state index contributed by atoms with van der Waals surface area (Å²) in [4.78, 5) is 12.0. The highest BCUT2D eigenvalue weighted by Gasteiger charge is 2.08. The standard InChI is InChI=1S/C16H17BrN2O3/c1-21-13-6-7-14(15(9-13)22-2)19-16(20)10-18-12-5-3-4-11(17)8-12/h3-9,18H,10H2,1-2H3,(H,19,20). The molecule has 0 spiro atoms. The van der Waals surface area contributed by atoms with Crippen LogP contribution in [0.2, 0.25) is 0 Å². The number of anilines is 2. The first-order valence-corrected chi connectivity index (χ1v) is 7.43. The van der Waals surface area contributed by atoms with Crippen LogP contribution >= 0.6 is 15.9 Å². The number of benzene rings is 2. The summed E-state index contributed by atoms with van der Waals surface area (Å²) in [6, 6.07) is 12.9. The maximum absolute atomic E-state index is 12.0. The first-order chi connectivity index (χ1) is 10.6. The van der Waals surface area contributed by atoms with Gasteiger partial charge in [0, 0.05) is 16.2 Å². The van der Waals surface area contributed by atoms with Crippen molar-refractivity contribution in [1.29, 1.82) is 0 Å². The van der Waals surface area contributed by atoms with E-state index in [9.17, 15) is 4.79 Å². The van der Waals surface area contributed by atoms with Gasteiger partial charge in [-0.15, -0.1) is 0 Å². The highest BCUT2D eigenvalue weighted by Crippen LogP contribution is 2.28. The molecule has 1 amide bonds. The van der Waals surface area contributed by atoms with Crippen molar-refractivity contribution in [2.75, 3.05) is 31.4 Å². The third-order valence-corrected chi connectivity index (χ3v) is 3.45. The summed E-state index contributed by atoms with van der Waals surface area (Å²) in [6.45, 7) is 0.158. The van der Waals surface area contributed by atoms with Crippen molar-refractivity contribution in [3.63, 3.8) is 0 Å². The summed E-state index contributed by atoms with van der Waals surface area (Å²) in [5.74, 6) is 1.06. The third-order valence-electron chi connectivity index (χ3n) is 2.96. The number of methoxy groups -OCH3 is 2. The molecule has 2 aromatic rings. The fraction of sp³-hybridized carbons (Fsp3) is 0.188. The van der Waals surface area contributed by atoms with Crippen molar-refractivity contribution in [3.05, 3.63) is 46.9 Å². The van der Waals surface area contributed by atoms with Crippen LogP contribution in [0.3, 0.4) is 0 Å². The van der Waals surface area contributed by atoms with Crippen LogP contribution in [0.5, 0.6) is 11.5 Å². The van der Waals surface area contributed by atoms with Crippen molar-refractivity contribution >= 4 is 33.2 Å². The average Bonchev–Trinajstić information content (AvgIpc) is 2.53. The zero-order valence-corrected chi connectivity index (χ0v) is 13.9. The Morgan fingerprint density at radius 3 is 2.64 bits per heavy atom. The molecule has 2 rings (SSSR count). The molecule has 0 aliphatic carbocycles. The molecule has 0 unspecified atom stereocenters. The van der Waals surface area contributed by atoms with Crippen LogP contribution in [0, 0.1) is 0 Å². The van der Waals surface area contributed by atoms with Gasteiger partial charge >= 0.3 is 0 Å². The minimum Gasteiger partial charge on any atom is -0.497 e. The molecule has 0 aromatic heterocycles. The lowest BCUT2D eigenvalue weighted by atomic mass is 10.2.